The standard InChI is InChI=1S/C13H21NO4/c1-2-16-12(15)11-10(14-11)9-8-17-13(18-9)6-4-3-5-7-13/h9-11,14H,2-8H2,1H3/t9-,10+,11-/m1/s1. The zero-order chi connectivity index (χ0) is 12.6. The predicted octanol–water partition coefficient (Wildman–Crippen LogP) is 0.966. The van der Waals surface area contributed by atoms with Crippen LogP contribution in [0.2, 0.25) is 0 Å². The zero-order valence-corrected chi connectivity index (χ0v) is 10.8. The average Bonchev–Trinajstić information content (AvgIpc) is 3.09. The molecule has 0 bridgehead atoms. The van der Waals surface area contributed by atoms with Crippen molar-refractivity contribution in [2.45, 2.75) is 63.0 Å². The molecule has 3 atom stereocenters. The van der Waals surface area contributed by atoms with Gasteiger partial charge in [0.15, 0.2) is 5.79 Å². The lowest BCUT2D eigenvalue weighted by atomic mass is 9.94. The van der Waals surface area contributed by atoms with Gasteiger partial charge in [-0.1, -0.05) is 6.42 Å². The van der Waals surface area contributed by atoms with Crippen molar-refractivity contribution < 1.29 is 19.0 Å². The highest BCUT2D eigenvalue weighted by Crippen LogP contribution is 2.40. The van der Waals surface area contributed by atoms with Crippen molar-refractivity contribution in [3.05, 3.63) is 0 Å². The summed E-state index contributed by atoms with van der Waals surface area (Å²) in [5.41, 5.74) is 0. The SMILES string of the molecule is CCOC(=O)[C@@H]1N[C@H]1[C@H]1COC2(CCCCC2)O1. The molecule has 1 spiro atoms. The van der Waals surface area contributed by atoms with E-state index < -0.39 is 0 Å². The van der Waals surface area contributed by atoms with Gasteiger partial charge in [-0.3, -0.25) is 10.1 Å². The molecule has 3 aliphatic rings. The molecule has 18 heavy (non-hydrogen) atoms. The summed E-state index contributed by atoms with van der Waals surface area (Å²) in [6.07, 6.45) is 5.59. The van der Waals surface area contributed by atoms with E-state index in [1.54, 1.807) is 0 Å². The molecule has 2 aliphatic heterocycles. The van der Waals surface area contributed by atoms with E-state index >= 15 is 0 Å². The van der Waals surface area contributed by atoms with E-state index in [9.17, 15) is 4.79 Å². The van der Waals surface area contributed by atoms with E-state index in [0.29, 0.717) is 13.2 Å². The molecule has 2 saturated heterocycles. The van der Waals surface area contributed by atoms with E-state index in [0.717, 1.165) is 12.8 Å². The molecular formula is C13H21NO4. The van der Waals surface area contributed by atoms with Gasteiger partial charge >= 0.3 is 5.97 Å². The highest BCUT2D eigenvalue weighted by atomic mass is 16.7. The van der Waals surface area contributed by atoms with E-state index in [4.69, 9.17) is 14.2 Å². The second-order valence-electron chi connectivity index (χ2n) is 5.36. The molecule has 3 fully saturated rings. The minimum Gasteiger partial charge on any atom is -0.465 e. The van der Waals surface area contributed by atoms with Gasteiger partial charge in [-0.2, -0.15) is 0 Å². The van der Waals surface area contributed by atoms with E-state index in [1.165, 1.54) is 19.3 Å². The first kappa shape index (κ1) is 12.4. The van der Waals surface area contributed by atoms with Crippen molar-refractivity contribution in [3.8, 4) is 0 Å². The van der Waals surface area contributed by atoms with Crippen LogP contribution >= 0.6 is 0 Å². The van der Waals surface area contributed by atoms with Gasteiger partial charge < -0.3 is 14.2 Å². The Hall–Kier alpha value is -0.650. The van der Waals surface area contributed by atoms with Crippen LogP contribution in [0.25, 0.3) is 0 Å². The fraction of sp³-hybridized carbons (Fsp3) is 0.923. The van der Waals surface area contributed by atoms with E-state index in [-0.39, 0.29) is 29.9 Å². The Morgan fingerprint density at radius 1 is 1.39 bits per heavy atom. The molecule has 1 N–H and O–H groups in total. The maximum Gasteiger partial charge on any atom is 0.324 e. The number of carbonyl (C=O) groups is 1. The summed E-state index contributed by atoms with van der Waals surface area (Å²) >= 11 is 0. The number of ether oxygens (including phenoxy) is 3. The van der Waals surface area contributed by atoms with Gasteiger partial charge in [0.05, 0.1) is 19.3 Å². The first-order chi connectivity index (χ1) is 8.74. The van der Waals surface area contributed by atoms with Crippen LogP contribution in [0.4, 0.5) is 0 Å². The molecule has 1 saturated carbocycles. The van der Waals surface area contributed by atoms with Crippen LogP contribution in [0, 0.1) is 0 Å². The first-order valence-corrected chi connectivity index (χ1v) is 6.98. The van der Waals surface area contributed by atoms with Crippen molar-refractivity contribution in [2.24, 2.45) is 0 Å². The Balaban J connectivity index is 1.53. The van der Waals surface area contributed by atoms with E-state index in [2.05, 4.69) is 5.32 Å². The molecule has 5 nitrogen and oxygen atoms in total. The van der Waals surface area contributed by atoms with Crippen molar-refractivity contribution in [1.29, 1.82) is 0 Å². The topological polar surface area (TPSA) is 66.7 Å². The Kier molecular flexibility index (Phi) is 3.30. The van der Waals surface area contributed by atoms with Crippen LogP contribution in [0.15, 0.2) is 0 Å². The molecule has 0 unspecified atom stereocenters. The Labute approximate surface area is 107 Å². The Morgan fingerprint density at radius 2 is 2.17 bits per heavy atom. The predicted molar refractivity (Wildman–Crippen MR) is 64.0 cm³/mol. The highest BCUT2D eigenvalue weighted by Gasteiger charge is 2.54. The van der Waals surface area contributed by atoms with Gasteiger partial charge in [0.25, 0.3) is 0 Å². The largest absolute Gasteiger partial charge is 0.465 e. The molecule has 5 heteroatoms. The number of esters is 1. The summed E-state index contributed by atoms with van der Waals surface area (Å²) in [4.78, 5) is 11.6. The quantitative estimate of drug-likeness (QED) is 0.601. The second-order valence-corrected chi connectivity index (χ2v) is 5.36. The van der Waals surface area contributed by atoms with E-state index in [1.807, 2.05) is 6.92 Å². The van der Waals surface area contributed by atoms with Crippen LogP contribution in [-0.4, -0.2) is 43.2 Å². The fourth-order valence-corrected chi connectivity index (χ4v) is 3.03. The number of carbonyl (C=O) groups excluding carboxylic acids is 1. The summed E-state index contributed by atoms with van der Waals surface area (Å²) in [6.45, 7) is 2.84. The zero-order valence-electron chi connectivity index (χ0n) is 10.8. The molecule has 0 aromatic heterocycles. The van der Waals surface area contributed by atoms with Crippen molar-refractivity contribution >= 4 is 5.97 Å². The summed E-state index contributed by atoms with van der Waals surface area (Å²) in [7, 11) is 0. The minimum atomic E-state index is -0.355. The van der Waals surface area contributed by atoms with Crippen molar-refractivity contribution in [3.63, 3.8) is 0 Å². The fourth-order valence-electron chi connectivity index (χ4n) is 3.03. The van der Waals surface area contributed by atoms with Gasteiger partial charge in [-0.15, -0.1) is 0 Å². The third kappa shape index (κ3) is 2.27. The molecule has 2 heterocycles. The van der Waals surface area contributed by atoms with Crippen LogP contribution in [0.5, 0.6) is 0 Å². The second kappa shape index (κ2) is 4.79. The molecule has 0 radical (unpaired) electrons. The van der Waals surface area contributed by atoms with Crippen molar-refractivity contribution in [1.82, 2.24) is 5.32 Å². The Morgan fingerprint density at radius 3 is 2.89 bits per heavy atom. The van der Waals surface area contributed by atoms with Crippen LogP contribution in [-0.2, 0) is 19.0 Å². The maximum absolute atomic E-state index is 11.6. The van der Waals surface area contributed by atoms with Gasteiger partial charge in [-0.05, 0) is 19.8 Å². The van der Waals surface area contributed by atoms with Crippen molar-refractivity contribution in [2.75, 3.05) is 13.2 Å². The normalized spacial score (nSPS) is 37.7. The Bertz CT molecular complexity index is 327. The smallest absolute Gasteiger partial charge is 0.324 e. The van der Waals surface area contributed by atoms with Gasteiger partial charge in [0, 0.05) is 12.8 Å². The molecule has 0 aromatic rings. The summed E-state index contributed by atoms with van der Waals surface area (Å²) in [6, 6.07) is -0.123. The minimum absolute atomic E-state index is 0.00231. The lowest BCUT2D eigenvalue weighted by molar-refractivity contribution is -0.187. The molecule has 3 rings (SSSR count). The number of nitrogens with one attached hydrogen (secondary N) is 1. The highest BCUT2D eigenvalue weighted by molar-refractivity contribution is 5.80. The van der Waals surface area contributed by atoms with Gasteiger partial charge in [0.2, 0.25) is 0 Å². The monoisotopic (exact) mass is 255 g/mol. The summed E-state index contributed by atoms with van der Waals surface area (Å²) < 4.78 is 16.9. The number of rotatable bonds is 3. The average molecular weight is 255 g/mol. The lowest BCUT2D eigenvalue weighted by Crippen LogP contribution is -2.34. The molecule has 1 aliphatic carbocycles. The lowest BCUT2D eigenvalue weighted by Gasteiger charge is -2.31. The molecule has 102 valence electrons. The van der Waals surface area contributed by atoms with Gasteiger partial charge in [-0.25, -0.2) is 0 Å². The maximum atomic E-state index is 11.6. The van der Waals surface area contributed by atoms with Crippen LogP contribution in [0.3, 0.4) is 0 Å². The summed E-state index contributed by atoms with van der Waals surface area (Å²) in [5.74, 6) is -0.525. The third-order valence-electron chi connectivity index (χ3n) is 4.06. The number of hydrogen-bond donors (Lipinski definition) is 1. The van der Waals surface area contributed by atoms with Gasteiger partial charge in [0.1, 0.15) is 12.1 Å². The first-order valence-electron chi connectivity index (χ1n) is 6.98. The summed E-state index contributed by atoms with van der Waals surface area (Å²) in [5, 5.41) is 3.14. The third-order valence-corrected chi connectivity index (χ3v) is 4.06. The van der Waals surface area contributed by atoms with Crippen LogP contribution in [0.1, 0.15) is 39.0 Å². The number of hydrogen-bond acceptors (Lipinski definition) is 5. The van der Waals surface area contributed by atoms with Crippen LogP contribution < -0.4 is 5.32 Å². The molecule has 0 aromatic carbocycles. The molecule has 0 amide bonds. The molecular weight excluding hydrogens is 234 g/mol.